The molecule has 6 N–H and O–H groups in total. The van der Waals surface area contributed by atoms with Gasteiger partial charge in [0, 0.05) is 28.7 Å². The van der Waals surface area contributed by atoms with E-state index in [-0.39, 0.29) is 16.1 Å². The largest absolute Gasteiger partial charge is 0.394 e. The molecule has 13 heteroatoms. The molecule has 2 aliphatic rings. The van der Waals surface area contributed by atoms with Crippen molar-refractivity contribution < 1.29 is 34.4 Å². The highest BCUT2D eigenvalue weighted by Gasteiger charge is 2.47. The minimum atomic E-state index is -1.54. The Balaban J connectivity index is 1.72. The summed E-state index contributed by atoms with van der Waals surface area (Å²) < 4.78 is 13.1. The molecule has 5 aromatic rings. The maximum Gasteiger partial charge on any atom is 0.276 e. The quantitative estimate of drug-likeness (QED) is 0.123. The average Bonchev–Trinajstić information content (AvgIpc) is 3.56. The molecule has 0 aliphatic carbocycles. The Kier molecular flexibility index (Phi) is 5.70. The Morgan fingerprint density at radius 2 is 1.60 bits per heavy atom. The zero-order chi connectivity index (χ0) is 28.2. The van der Waals surface area contributed by atoms with E-state index >= 15 is 0 Å². The second kappa shape index (κ2) is 8.87. The third kappa shape index (κ3) is 3.11. The highest BCUT2D eigenvalue weighted by Crippen LogP contribution is 2.48. The maximum absolute atomic E-state index is 13.5. The predicted molar refractivity (Wildman–Crippen MR) is 147 cm³/mol. The summed E-state index contributed by atoms with van der Waals surface area (Å²) in [6, 6.07) is 10.2. The first-order chi connectivity index (χ1) is 19.2. The third-order valence-electron chi connectivity index (χ3n) is 7.98. The van der Waals surface area contributed by atoms with Gasteiger partial charge in [0.2, 0.25) is 0 Å². The van der Waals surface area contributed by atoms with E-state index in [1.165, 1.54) is 7.11 Å². The summed E-state index contributed by atoms with van der Waals surface area (Å²) in [6.07, 6.45) is -6.29. The van der Waals surface area contributed by atoms with Crippen molar-refractivity contribution in [2.45, 2.75) is 30.6 Å². The fraction of sp³-hybridized carbons (Fsp3) is 0.259. The molecule has 7 rings (SSSR count). The van der Waals surface area contributed by atoms with Gasteiger partial charge in [-0.1, -0.05) is 47.5 Å². The number of aromatic nitrogens is 2. The summed E-state index contributed by atoms with van der Waals surface area (Å²) in [4.78, 5) is 30.2. The summed E-state index contributed by atoms with van der Waals surface area (Å²) >= 11 is 13.3. The molecule has 40 heavy (non-hydrogen) atoms. The topological polar surface area (TPSA) is 163 Å². The molecule has 0 unspecified atom stereocenters. The van der Waals surface area contributed by atoms with E-state index < -0.39 is 49.1 Å². The van der Waals surface area contributed by atoms with Gasteiger partial charge in [0.15, 0.2) is 6.23 Å². The molecule has 206 valence electrons. The summed E-state index contributed by atoms with van der Waals surface area (Å²) in [6.45, 7) is -0.508. The number of nitrogens with two attached hydrogens (primary N) is 1. The number of para-hydroxylation sites is 2. The van der Waals surface area contributed by atoms with E-state index in [0.717, 1.165) is 0 Å². The number of amides is 2. The molecule has 11 nitrogen and oxygen atoms in total. The molecule has 1 saturated heterocycles. The molecular weight excluding hydrogens is 563 g/mol. The Morgan fingerprint density at radius 1 is 0.950 bits per heavy atom. The number of imide groups is 1. The number of methoxy groups -OCH3 is 1. The second-order valence-electron chi connectivity index (χ2n) is 9.93. The van der Waals surface area contributed by atoms with Crippen molar-refractivity contribution in [2.24, 2.45) is 5.84 Å². The monoisotopic (exact) mass is 584 g/mol. The number of hydrogen-bond acceptors (Lipinski definition) is 8. The molecule has 1 fully saturated rings. The van der Waals surface area contributed by atoms with Crippen LogP contribution in [0, 0.1) is 0 Å². The van der Waals surface area contributed by atoms with Crippen LogP contribution in [-0.4, -0.2) is 79.8 Å². The lowest BCUT2D eigenvalue weighted by Crippen LogP contribution is -2.57. The fourth-order valence-corrected chi connectivity index (χ4v) is 6.76. The highest BCUT2D eigenvalue weighted by atomic mass is 35.5. The number of benzene rings is 3. The van der Waals surface area contributed by atoms with E-state index in [2.05, 4.69) is 4.98 Å². The number of aromatic amines is 1. The lowest BCUT2D eigenvalue weighted by Gasteiger charge is -2.42. The maximum atomic E-state index is 13.5. The van der Waals surface area contributed by atoms with Crippen molar-refractivity contribution in [1.29, 1.82) is 0 Å². The minimum absolute atomic E-state index is 0.0706. The molecule has 5 atom stereocenters. The van der Waals surface area contributed by atoms with Crippen molar-refractivity contribution >= 4 is 78.6 Å². The van der Waals surface area contributed by atoms with Crippen molar-refractivity contribution in [3.05, 3.63) is 57.6 Å². The van der Waals surface area contributed by atoms with Crippen LogP contribution in [0.5, 0.6) is 0 Å². The lowest BCUT2D eigenvalue weighted by atomic mass is 9.96. The van der Waals surface area contributed by atoms with E-state index in [0.29, 0.717) is 53.6 Å². The van der Waals surface area contributed by atoms with Crippen LogP contribution in [0.4, 0.5) is 0 Å². The molecule has 0 bridgehead atoms. The van der Waals surface area contributed by atoms with Gasteiger partial charge >= 0.3 is 0 Å². The number of nitrogens with one attached hydrogen (secondary N) is 1. The number of fused-ring (bicyclic) bond motifs is 10. The zero-order valence-corrected chi connectivity index (χ0v) is 22.3. The van der Waals surface area contributed by atoms with Gasteiger partial charge in [-0.15, -0.1) is 0 Å². The minimum Gasteiger partial charge on any atom is -0.394 e. The van der Waals surface area contributed by atoms with Gasteiger partial charge in [0.25, 0.3) is 11.8 Å². The Bertz CT molecular complexity index is 1920. The fourth-order valence-electron chi connectivity index (χ4n) is 6.28. The van der Waals surface area contributed by atoms with Crippen molar-refractivity contribution in [2.75, 3.05) is 13.7 Å². The number of halogens is 2. The lowest BCUT2D eigenvalue weighted by molar-refractivity contribution is -0.255. The number of aliphatic hydroxyl groups excluding tert-OH is 3. The van der Waals surface area contributed by atoms with E-state index in [9.17, 15) is 24.9 Å². The number of aliphatic hydroxyl groups is 3. The van der Waals surface area contributed by atoms with E-state index in [1.807, 2.05) is 0 Å². The smallest absolute Gasteiger partial charge is 0.276 e. The van der Waals surface area contributed by atoms with Gasteiger partial charge in [-0.25, -0.2) is 10.9 Å². The van der Waals surface area contributed by atoms with Gasteiger partial charge in [-0.3, -0.25) is 9.59 Å². The average molecular weight is 585 g/mol. The predicted octanol–water partition coefficient (Wildman–Crippen LogP) is 2.83. The number of nitrogens with zero attached hydrogens (tertiary/aromatic N) is 2. The van der Waals surface area contributed by atoms with Crippen LogP contribution in [0.3, 0.4) is 0 Å². The zero-order valence-electron chi connectivity index (χ0n) is 20.8. The van der Waals surface area contributed by atoms with Crippen molar-refractivity contribution in [1.82, 2.24) is 14.6 Å². The molecule has 4 heterocycles. The van der Waals surface area contributed by atoms with E-state index in [4.69, 9.17) is 38.5 Å². The van der Waals surface area contributed by atoms with Gasteiger partial charge in [0.05, 0.1) is 49.8 Å². The van der Waals surface area contributed by atoms with Gasteiger partial charge < -0.3 is 34.3 Å². The number of carbonyl (C=O) groups excluding carboxylic acids is 2. The van der Waals surface area contributed by atoms with Gasteiger partial charge in [0.1, 0.15) is 24.4 Å². The second-order valence-corrected chi connectivity index (χ2v) is 10.7. The van der Waals surface area contributed by atoms with Crippen LogP contribution < -0.4 is 5.84 Å². The SMILES string of the molecule is CO[C@H]1[C@H](O)[C@@H](O)[C@H](n2c3c(Cl)cccc3c3c4c(c5c6cccc(Cl)c6[nH]c5c32)C(=O)N(N)C4=O)O[C@@H]1CO. The van der Waals surface area contributed by atoms with Crippen molar-refractivity contribution in [3.63, 3.8) is 0 Å². The highest BCUT2D eigenvalue weighted by molar-refractivity contribution is 6.43. The normalized spacial score (nSPS) is 25.3. The number of hydrogen-bond donors (Lipinski definition) is 5. The van der Waals surface area contributed by atoms with Gasteiger partial charge in [-0.05, 0) is 12.1 Å². The molecule has 3 aromatic carbocycles. The standard InChI is InChI=1S/C27H22Cl2N4O7/c1-39-24-13(8-34)40-27(23(36)22(24)35)32-20-10(5-3-7-12(20)29)15-17-16(25(37)33(30)26(17)38)14-9-4-2-6-11(28)18(9)31-19(14)21(15)32/h2-7,13,22-24,27,31,34-36H,8,30H2,1H3/t13-,22-,23-,24-,27-/m1/s1. The number of hydrazine groups is 1. The number of ether oxygens (including phenoxy) is 2. The van der Waals surface area contributed by atoms with Crippen LogP contribution in [0.2, 0.25) is 10.0 Å². The molecule has 0 radical (unpaired) electrons. The summed E-state index contributed by atoms with van der Waals surface area (Å²) in [5.41, 5.74) is 1.86. The van der Waals surface area contributed by atoms with Crippen molar-refractivity contribution in [3.8, 4) is 0 Å². The Hall–Kier alpha value is -3.26. The van der Waals surface area contributed by atoms with Crippen LogP contribution in [0.25, 0.3) is 43.6 Å². The summed E-state index contributed by atoms with van der Waals surface area (Å²) in [5.74, 6) is 4.57. The molecular formula is C27H22Cl2N4O7. The first-order valence-electron chi connectivity index (χ1n) is 12.4. The van der Waals surface area contributed by atoms with Crippen LogP contribution >= 0.6 is 23.2 Å². The Labute approximate surface area is 235 Å². The van der Waals surface area contributed by atoms with Gasteiger partial charge in [-0.2, -0.15) is 0 Å². The first kappa shape index (κ1) is 25.7. The third-order valence-corrected chi connectivity index (χ3v) is 8.60. The number of H-pyrrole nitrogens is 1. The number of carbonyl (C=O) groups is 2. The molecule has 2 aliphatic heterocycles. The van der Waals surface area contributed by atoms with Crippen LogP contribution in [-0.2, 0) is 9.47 Å². The molecule has 0 spiro atoms. The van der Waals surface area contributed by atoms with E-state index in [1.54, 1.807) is 41.0 Å². The van der Waals surface area contributed by atoms with Crippen LogP contribution in [0.1, 0.15) is 26.9 Å². The Morgan fingerprint density at radius 3 is 2.27 bits per heavy atom. The summed E-state index contributed by atoms with van der Waals surface area (Å²) in [7, 11) is 1.34. The molecule has 2 amide bonds. The molecule has 2 aromatic heterocycles. The molecule has 0 saturated carbocycles. The van der Waals surface area contributed by atoms with Crippen LogP contribution in [0.15, 0.2) is 36.4 Å². The first-order valence-corrected chi connectivity index (χ1v) is 13.1. The summed E-state index contributed by atoms with van der Waals surface area (Å²) in [5, 5.41) is 35.4. The number of rotatable bonds is 3.